The Kier molecular flexibility index (Phi) is 29.1. The molecule has 12 atom stereocenters. The van der Waals surface area contributed by atoms with Gasteiger partial charge in [-0.3, -0.25) is 62.3 Å². The zero-order valence-electron chi connectivity index (χ0n) is 45.4. The second-order valence-electron chi connectivity index (χ2n) is 19.4. The molecule has 11 amide bonds. The number of nitrogens with two attached hydrogens (primary N) is 5. The number of aliphatic imine (C=N–C) groups is 1. The third kappa shape index (κ3) is 24.2. The van der Waals surface area contributed by atoms with Gasteiger partial charge in [-0.15, -0.1) is 0 Å². The molecular weight excluding hydrogens is 1110 g/mol. The Bertz CT molecular complexity index is 2470. The normalized spacial score (nSPS) is 17.3. The summed E-state index contributed by atoms with van der Waals surface area (Å²) in [5, 5.41) is 49.6. The number of phosphoric ester groups is 1. The van der Waals surface area contributed by atoms with Crippen LogP contribution in [0, 0.1) is 5.92 Å². The number of aldehydes is 1. The van der Waals surface area contributed by atoms with E-state index in [1.165, 1.54) is 12.5 Å². The van der Waals surface area contributed by atoms with Gasteiger partial charge in [0.15, 0.2) is 5.96 Å². The summed E-state index contributed by atoms with van der Waals surface area (Å²) >= 11 is 0. The second kappa shape index (κ2) is 33.9. The minimum absolute atomic E-state index is 0.0258. The fourth-order valence-corrected chi connectivity index (χ4v) is 8.20. The number of carbonyl (C=O) groups excluding carboxylic acids is 12. The SMILES string of the molecule is CC(C)[C@H](NC(=O)[C@H](CC(N)=O)NC(=O)[C@@H]1CCCN1C(=O)[C@@H](NC(=O)[C@H](COP(=O)(O)O)NC(=O)[C@@H](NC(=O)[C@H](CO)NC(=O)[C@H](CCCN=C(N)N)NC(=O)[C@@H](N)CCC(N)=O)[C@@H](C)O)[C@@H](C)O)C(=O)N[C@H](C=O)Cc1cnc[nH]1. The largest absolute Gasteiger partial charge is 0.469 e. The molecule has 2 heterocycles. The number of carbonyl (C=O) groups is 12. The quantitative estimate of drug-likeness (QED) is 0.00975. The van der Waals surface area contributed by atoms with E-state index in [1.54, 1.807) is 13.8 Å². The Morgan fingerprint density at radius 2 is 1.32 bits per heavy atom. The molecule has 2 rings (SSSR count). The lowest BCUT2D eigenvalue weighted by atomic mass is 10.0. The van der Waals surface area contributed by atoms with Crippen LogP contribution in [0.5, 0.6) is 0 Å². The van der Waals surface area contributed by atoms with Gasteiger partial charge in [-0.2, -0.15) is 0 Å². The van der Waals surface area contributed by atoms with E-state index in [9.17, 15) is 87.2 Å². The maximum absolute atomic E-state index is 14.2. The van der Waals surface area contributed by atoms with Crippen LogP contribution in [0.1, 0.15) is 78.3 Å². The van der Waals surface area contributed by atoms with Crippen LogP contribution < -0.4 is 71.2 Å². The molecular formula is C45H76N17O19P. The minimum atomic E-state index is -5.46. The van der Waals surface area contributed by atoms with Crippen molar-refractivity contribution in [2.45, 2.75) is 152 Å². The number of phosphoric acid groups is 1. The number of aromatic nitrogens is 2. The highest BCUT2D eigenvalue weighted by Crippen LogP contribution is 2.35. The molecule has 1 aliphatic heterocycles. The average Bonchev–Trinajstić information content (AvgIpc) is 4.26. The number of nitrogens with zero attached hydrogens (tertiary/aromatic N) is 3. The predicted octanol–water partition coefficient (Wildman–Crippen LogP) is -9.94. The van der Waals surface area contributed by atoms with Gasteiger partial charge in [0.25, 0.3) is 0 Å². The average molecular weight is 1190 g/mol. The van der Waals surface area contributed by atoms with Gasteiger partial charge in [-0.25, -0.2) is 9.55 Å². The number of H-pyrrole nitrogens is 1. The third-order valence-corrected chi connectivity index (χ3v) is 12.7. The maximum atomic E-state index is 14.2. The molecule has 0 unspecified atom stereocenters. The maximum Gasteiger partial charge on any atom is 0.469 e. The van der Waals surface area contributed by atoms with Crippen molar-refractivity contribution < 1.29 is 91.7 Å². The lowest BCUT2D eigenvalue weighted by molar-refractivity contribution is -0.145. The van der Waals surface area contributed by atoms with E-state index < -0.39 is 171 Å². The van der Waals surface area contributed by atoms with Crippen molar-refractivity contribution in [2.75, 3.05) is 26.3 Å². The summed E-state index contributed by atoms with van der Waals surface area (Å²) in [7, 11) is -5.46. The molecule has 0 radical (unpaired) electrons. The number of hydrogen-bond donors (Lipinski definition) is 19. The first-order valence-electron chi connectivity index (χ1n) is 25.5. The number of aliphatic hydroxyl groups excluding tert-OH is 3. The zero-order chi connectivity index (χ0) is 62.2. The first-order valence-corrected chi connectivity index (χ1v) is 27.0. The number of aromatic amines is 1. The van der Waals surface area contributed by atoms with E-state index in [0.29, 0.717) is 12.0 Å². The molecule has 1 fully saturated rings. The van der Waals surface area contributed by atoms with E-state index in [-0.39, 0.29) is 64.0 Å². The summed E-state index contributed by atoms with van der Waals surface area (Å²) in [6, 6.07) is -16.7. The number of aliphatic hydroxyl groups is 3. The Morgan fingerprint density at radius 1 is 0.756 bits per heavy atom. The van der Waals surface area contributed by atoms with Crippen LogP contribution in [0.2, 0.25) is 0 Å². The Hall–Kier alpha value is -7.73. The van der Waals surface area contributed by atoms with E-state index in [4.69, 9.17) is 28.7 Å². The summed E-state index contributed by atoms with van der Waals surface area (Å²) < 4.78 is 16.3. The Morgan fingerprint density at radius 3 is 1.85 bits per heavy atom. The second-order valence-corrected chi connectivity index (χ2v) is 20.6. The zero-order valence-corrected chi connectivity index (χ0v) is 46.2. The number of nitrogens with one attached hydrogen (secondary N) is 9. The van der Waals surface area contributed by atoms with Crippen LogP contribution >= 0.6 is 7.82 Å². The smallest absolute Gasteiger partial charge is 0.394 e. The van der Waals surface area contributed by atoms with Gasteiger partial charge in [0.2, 0.25) is 65.0 Å². The number of likely N-dealkylation sites (tertiary alicyclic amines) is 1. The molecule has 1 aromatic rings. The lowest BCUT2D eigenvalue weighted by Crippen LogP contribution is -2.63. The highest BCUT2D eigenvalue weighted by atomic mass is 31.2. The minimum Gasteiger partial charge on any atom is -0.394 e. The molecule has 37 heteroatoms. The van der Waals surface area contributed by atoms with Crippen LogP contribution in [0.25, 0.3) is 0 Å². The van der Waals surface area contributed by atoms with Gasteiger partial charge in [-0.05, 0) is 51.9 Å². The number of imidazole rings is 1. The molecule has 460 valence electrons. The monoisotopic (exact) mass is 1190 g/mol. The van der Waals surface area contributed by atoms with Crippen molar-refractivity contribution in [1.29, 1.82) is 0 Å². The first-order chi connectivity index (χ1) is 38.3. The van der Waals surface area contributed by atoms with Crippen molar-refractivity contribution in [3.63, 3.8) is 0 Å². The summed E-state index contributed by atoms with van der Waals surface area (Å²) in [6.07, 6.45) is -1.80. The molecule has 1 aromatic heterocycles. The molecule has 0 bridgehead atoms. The van der Waals surface area contributed by atoms with Gasteiger partial charge >= 0.3 is 7.82 Å². The van der Waals surface area contributed by atoms with E-state index in [2.05, 4.69) is 56.7 Å². The summed E-state index contributed by atoms with van der Waals surface area (Å²) in [6.45, 7) is 2.33. The number of primary amides is 2. The van der Waals surface area contributed by atoms with E-state index in [1.807, 2.05) is 5.32 Å². The fourth-order valence-electron chi connectivity index (χ4n) is 7.85. The predicted molar refractivity (Wildman–Crippen MR) is 282 cm³/mol. The van der Waals surface area contributed by atoms with Crippen LogP contribution in [0.4, 0.5) is 0 Å². The van der Waals surface area contributed by atoms with Crippen molar-refractivity contribution in [3.05, 3.63) is 18.2 Å². The van der Waals surface area contributed by atoms with Gasteiger partial charge in [0.05, 0.1) is 50.3 Å². The fraction of sp³-hybridized carbons (Fsp3) is 0.644. The van der Waals surface area contributed by atoms with Crippen LogP contribution in [-0.2, 0) is 73.0 Å². The van der Waals surface area contributed by atoms with Gasteiger partial charge in [0, 0.05) is 37.8 Å². The van der Waals surface area contributed by atoms with E-state index in [0.717, 1.165) is 18.7 Å². The molecule has 0 saturated carbocycles. The number of guanidine groups is 1. The highest BCUT2D eigenvalue weighted by molar-refractivity contribution is 7.46. The number of amides is 11. The standard InChI is InChI=1S/C45H76N17O19P/c1-20(2)33(42(75)54-24(16-63)13-23-15-51-19-53-23)59-38(71)27(14-32(48)68)56-41(74)30-8-6-12-62(30)44(77)35(22(4)66)61-40(73)29(18-81-82(78,79)80)58-43(76)34(21(3)65)60-39(72)28(17-64)57-37(70)26(7-5-11-52-45(49)50)55-36(69)25(46)9-10-31(47)67/h15-16,19-22,24-30,33-35,64-66H,5-14,17-18,46H2,1-4H3,(H2,47,67)(H2,48,68)(H,51,53)(H,54,75)(H,55,69)(H,56,74)(H,57,70)(H,58,76)(H,59,71)(H,60,72)(H,61,73)(H4,49,50,52)(H2,78,79,80)/t21-,22-,24+,25+,26+,27+,28+,29+,30+,33+,34+,35+/m1/s1. The Balaban J connectivity index is 2.33. The van der Waals surface area contributed by atoms with Crippen molar-refractivity contribution >= 4 is 85.0 Å². The van der Waals surface area contributed by atoms with Crippen molar-refractivity contribution in [3.8, 4) is 0 Å². The number of rotatable bonds is 36. The molecule has 1 aliphatic rings. The van der Waals surface area contributed by atoms with Crippen molar-refractivity contribution in [1.82, 2.24) is 57.4 Å². The Labute approximate surface area is 469 Å². The summed E-state index contributed by atoms with van der Waals surface area (Å²) in [4.78, 5) is 188. The molecule has 0 aliphatic carbocycles. The van der Waals surface area contributed by atoms with Crippen LogP contribution in [0.15, 0.2) is 17.5 Å². The van der Waals surface area contributed by atoms with Crippen LogP contribution in [-0.4, -0.2) is 216 Å². The molecule has 0 spiro atoms. The molecule has 24 N–H and O–H groups in total. The van der Waals surface area contributed by atoms with Crippen molar-refractivity contribution in [2.24, 2.45) is 39.6 Å². The topological polar surface area (TPSA) is 603 Å². The van der Waals surface area contributed by atoms with Gasteiger partial charge < -0.3 is 111 Å². The van der Waals surface area contributed by atoms with E-state index >= 15 is 0 Å². The first kappa shape index (κ1) is 70.4. The number of hydrogen-bond acceptors (Lipinski definition) is 20. The highest BCUT2D eigenvalue weighted by Gasteiger charge is 2.43. The summed E-state index contributed by atoms with van der Waals surface area (Å²) in [5.41, 5.74) is 27.6. The van der Waals surface area contributed by atoms with Gasteiger partial charge in [0.1, 0.15) is 54.6 Å². The molecule has 36 nitrogen and oxygen atoms in total. The van der Waals surface area contributed by atoms with Gasteiger partial charge in [-0.1, -0.05) is 13.8 Å². The van der Waals surface area contributed by atoms with Crippen LogP contribution in [0.3, 0.4) is 0 Å². The molecule has 0 aromatic carbocycles. The molecule has 82 heavy (non-hydrogen) atoms. The third-order valence-electron chi connectivity index (χ3n) is 12.2. The molecule has 1 saturated heterocycles. The summed E-state index contributed by atoms with van der Waals surface area (Å²) in [5.74, 6) is -13.1. The lowest BCUT2D eigenvalue weighted by Gasteiger charge is -2.32.